The highest BCUT2D eigenvalue weighted by molar-refractivity contribution is 14.1. The van der Waals surface area contributed by atoms with Gasteiger partial charge < -0.3 is 10.1 Å². The van der Waals surface area contributed by atoms with Crippen molar-refractivity contribution in [3.05, 3.63) is 92.5 Å². The van der Waals surface area contributed by atoms with Crippen LogP contribution in [0.2, 0.25) is 5.02 Å². The molecule has 126 valence electrons. The monoisotopic (exact) mass is 463 g/mol. The van der Waals surface area contributed by atoms with Crippen LogP contribution in [0, 0.1) is 3.57 Å². The smallest absolute Gasteiger partial charge is 0.255 e. The summed E-state index contributed by atoms with van der Waals surface area (Å²) in [6.07, 6.45) is 0. The molecule has 0 radical (unpaired) electrons. The van der Waals surface area contributed by atoms with Gasteiger partial charge in [-0.25, -0.2) is 0 Å². The number of carbonyl (C=O) groups is 1. The van der Waals surface area contributed by atoms with E-state index in [0.717, 1.165) is 14.8 Å². The van der Waals surface area contributed by atoms with Gasteiger partial charge in [-0.1, -0.05) is 41.9 Å². The minimum absolute atomic E-state index is 0.176. The van der Waals surface area contributed by atoms with Crippen molar-refractivity contribution in [3.8, 4) is 5.75 Å². The van der Waals surface area contributed by atoms with Crippen LogP contribution >= 0.6 is 34.2 Å². The molecule has 0 saturated heterocycles. The molecule has 5 heteroatoms. The number of hydrogen-bond donors (Lipinski definition) is 1. The van der Waals surface area contributed by atoms with E-state index in [9.17, 15) is 4.79 Å². The van der Waals surface area contributed by atoms with Gasteiger partial charge in [-0.3, -0.25) is 4.79 Å². The summed E-state index contributed by atoms with van der Waals surface area (Å²) in [7, 11) is 0. The Morgan fingerprint density at radius 3 is 2.60 bits per heavy atom. The molecule has 25 heavy (non-hydrogen) atoms. The molecule has 0 aromatic heterocycles. The lowest BCUT2D eigenvalue weighted by Crippen LogP contribution is -2.12. The van der Waals surface area contributed by atoms with E-state index in [2.05, 4.69) is 27.9 Å². The Bertz CT molecular complexity index is 898. The third kappa shape index (κ3) is 4.96. The highest BCUT2D eigenvalue weighted by Crippen LogP contribution is 2.20. The van der Waals surface area contributed by atoms with Crippen LogP contribution in [-0.2, 0) is 6.61 Å². The Balaban J connectivity index is 1.68. The number of carbonyl (C=O) groups excluding carboxylic acids is 1. The van der Waals surface area contributed by atoms with Gasteiger partial charge in [0, 0.05) is 25.4 Å². The van der Waals surface area contributed by atoms with Crippen molar-refractivity contribution >= 4 is 45.8 Å². The average molecular weight is 464 g/mol. The Morgan fingerprint density at radius 2 is 1.80 bits per heavy atom. The summed E-state index contributed by atoms with van der Waals surface area (Å²) in [6, 6.07) is 22.3. The third-order valence-corrected chi connectivity index (χ3v) is 4.57. The first-order valence-corrected chi connectivity index (χ1v) is 9.11. The first-order chi connectivity index (χ1) is 12.1. The molecule has 0 aliphatic heterocycles. The summed E-state index contributed by atoms with van der Waals surface area (Å²) in [5, 5.41) is 3.55. The largest absolute Gasteiger partial charge is 0.489 e. The third-order valence-electron chi connectivity index (χ3n) is 3.53. The van der Waals surface area contributed by atoms with E-state index in [1.165, 1.54) is 0 Å². The van der Waals surface area contributed by atoms with E-state index in [-0.39, 0.29) is 5.91 Å². The lowest BCUT2D eigenvalue weighted by molar-refractivity contribution is 0.102. The summed E-state index contributed by atoms with van der Waals surface area (Å²) in [5.41, 5.74) is 2.20. The summed E-state index contributed by atoms with van der Waals surface area (Å²) in [5.74, 6) is 0.445. The number of halogens is 2. The van der Waals surface area contributed by atoms with E-state index in [0.29, 0.717) is 22.9 Å². The molecule has 0 spiro atoms. The zero-order chi connectivity index (χ0) is 17.6. The predicted molar refractivity (Wildman–Crippen MR) is 109 cm³/mol. The lowest BCUT2D eigenvalue weighted by atomic mass is 10.2. The second-order valence-corrected chi connectivity index (χ2v) is 7.03. The first-order valence-electron chi connectivity index (χ1n) is 7.65. The SMILES string of the molecule is O=C(Nc1cccc(I)c1)c1cccc(OCc2ccccc2Cl)c1. The van der Waals surface area contributed by atoms with Crippen molar-refractivity contribution in [1.29, 1.82) is 0 Å². The maximum Gasteiger partial charge on any atom is 0.255 e. The molecule has 1 amide bonds. The molecule has 0 saturated carbocycles. The first kappa shape index (κ1) is 17.8. The van der Waals surface area contributed by atoms with E-state index < -0.39 is 0 Å². The van der Waals surface area contributed by atoms with Crippen molar-refractivity contribution in [2.45, 2.75) is 6.61 Å². The van der Waals surface area contributed by atoms with E-state index in [1.54, 1.807) is 18.2 Å². The van der Waals surface area contributed by atoms with E-state index >= 15 is 0 Å². The van der Waals surface area contributed by atoms with Crippen LogP contribution in [0.3, 0.4) is 0 Å². The van der Waals surface area contributed by atoms with Gasteiger partial charge in [0.1, 0.15) is 12.4 Å². The molecular weight excluding hydrogens is 449 g/mol. The molecule has 0 fully saturated rings. The molecule has 0 bridgehead atoms. The van der Waals surface area contributed by atoms with Gasteiger partial charge in [-0.2, -0.15) is 0 Å². The highest BCUT2D eigenvalue weighted by atomic mass is 127. The Kier molecular flexibility index (Phi) is 5.94. The number of anilines is 1. The van der Waals surface area contributed by atoms with Gasteiger partial charge in [0.15, 0.2) is 0 Å². The normalized spacial score (nSPS) is 10.3. The molecule has 0 unspecified atom stereocenters. The number of benzene rings is 3. The topological polar surface area (TPSA) is 38.3 Å². The van der Waals surface area contributed by atoms with Gasteiger partial charge in [0.25, 0.3) is 5.91 Å². The second kappa shape index (κ2) is 8.36. The van der Waals surface area contributed by atoms with E-state index in [1.807, 2.05) is 54.6 Å². The number of rotatable bonds is 5. The van der Waals surface area contributed by atoms with E-state index in [4.69, 9.17) is 16.3 Å². The van der Waals surface area contributed by atoms with Crippen molar-refractivity contribution in [2.24, 2.45) is 0 Å². The Hall–Kier alpha value is -2.05. The number of nitrogens with one attached hydrogen (secondary N) is 1. The fourth-order valence-electron chi connectivity index (χ4n) is 2.27. The molecule has 0 heterocycles. The predicted octanol–water partition coefficient (Wildman–Crippen LogP) is 5.78. The standard InChI is InChI=1S/C20H15ClINO2/c21-19-10-2-1-5-15(19)13-25-18-9-3-6-14(11-18)20(24)23-17-8-4-7-16(22)12-17/h1-12H,13H2,(H,23,24). The molecule has 3 nitrogen and oxygen atoms in total. The zero-order valence-corrected chi connectivity index (χ0v) is 16.1. The molecule has 0 aliphatic rings. The summed E-state index contributed by atoms with van der Waals surface area (Å²) < 4.78 is 6.83. The summed E-state index contributed by atoms with van der Waals surface area (Å²) in [6.45, 7) is 0.349. The summed E-state index contributed by atoms with van der Waals surface area (Å²) >= 11 is 8.34. The molecule has 3 aromatic rings. The fraction of sp³-hybridized carbons (Fsp3) is 0.0500. The maximum absolute atomic E-state index is 12.4. The highest BCUT2D eigenvalue weighted by Gasteiger charge is 2.08. The van der Waals surface area contributed by atoms with Crippen LogP contribution < -0.4 is 10.1 Å². The maximum atomic E-state index is 12.4. The lowest BCUT2D eigenvalue weighted by Gasteiger charge is -2.10. The minimum atomic E-state index is -0.176. The average Bonchev–Trinajstić information content (AvgIpc) is 2.61. The molecule has 3 aromatic carbocycles. The molecule has 3 rings (SSSR count). The Morgan fingerprint density at radius 1 is 1.00 bits per heavy atom. The van der Waals surface area contributed by atoms with Crippen molar-refractivity contribution in [3.63, 3.8) is 0 Å². The summed E-state index contributed by atoms with van der Waals surface area (Å²) in [4.78, 5) is 12.4. The molecular formula is C20H15ClINO2. The van der Waals surface area contributed by atoms with Crippen LogP contribution in [0.25, 0.3) is 0 Å². The van der Waals surface area contributed by atoms with Gasteiger partial charge in [-0.15, -0.1) is 0 Å². The van der Waals surface area contributed by atoms with Crippen LogP contribution in [0.15, 0.2) is 72.8 Å². The fourth-order valence-corrected chi connectivity index (χ4v) is 3.01. The van der Waals surface area contributed by atoms with Crippen LogP contribution in [-0.4, -0.2) is 5.91 Å². The van der Waals surface area contributed by atoms with Crippen molar-refractivity contribution in [2.75, 3.05) is 5.32 Å². The van der Waals surface area contributed by atoms with Crippen LogP contribution in [0.4, 0.5) is 5.69 Å². The van der Waals surface area contributed by atoms with Gasteiger partial charge >= 0.3 is 0 Å². The van der Waals surface area contributed by atoms with Gasteiger partial charge in [-0.05, 0) is 65.1 Å². The van der Waals surface area contributed by atoms with Crippen LogP contribution in [0.1, 0.15) is 15.9 Å². The van der Waals surface area contributed by atoms with Crippen LogP contribution in [0.5, 0.6) is 5.75 Å². The Labute approximate surface area is 165 Å². The second-order valence-electron chi connectivity index (χ2n) is 5.37. The van der Waals surface area contributed by atoms with Crippen molar-refractivity contribution in [1.82, 2.24) is 0 Å². The van der Waals surface area contributed by atoms with Gasteiger partial charge in [0.05, 0.1) is 0 Å². The quantitative estimate of drug-likeness (QED) is 0.487. The zero-order valence-electron chi connectivity index (χ0n) is 13.2. The minimum Gasteiger partial charge on any atom is -0.489 e. The number of amides is 1. The number of hydrogen-bond acceptors (Lipinski definition) is 2. The van der Waals surface area contributed by atoms with Crippen molar-refractivity contribution < 1.29 is 9.53 Å². The molecule has 1 N–H and O–H groups in total. The van der Waals surface area contributed by atoms with Gasteiger partial charge in [0.2, 0.25) is 0 Å². The number of ether oxygens (including phenoxy) is 1. The molecule has 0 aliphatic carbocycles. The molecule has 0 atom stereocenters.